The van der Waals surface area contributed by atoms with Crippen molar-refractivity contribution < 1.29 is 9.18 Å². The smallest absolute Gasteiger partial charge is 0.342 e. The molecule has 1 aliphatic rings. The Bertz CT molecular complexity index is 1440. The summed E-state index contributed by atoms with van der Waals surface area (Å²) >= 11 is 0. The van der Waals surface area contributed by atoms with Crippen LogP contribution in [0.5, 0.6) is 0 Å². The Balaban J connectivity index is 1.42. The zero-order valence-electron chi connectivity index (χ0n) is 19.2. The van der Waals surface area contributed by atoms with E-state index in [0.29, 0.717) is 37.3 Å². The number of rotatable bonds is 5. The van der Waals surface area contributed by atoms with E-state index in [1.54, 1.807) is 12.1 Å². The molecule has 0 radical (unpaired) electrons. The zero-order chi connectivity index (χ0) is 23.8. The van der Waals surface area contributed by atoms with Crippen LogP contribution in [-0.2, 0) is 11.2 Å². The van der Waals surface area contributed by atoms with E-state index in [-0.39, 0.29) is 17.5 Å². The number of pyridine rings is 1. The molecule has 1 aliphatic heterocycles. The second-order valence-electron chi connectivity index (χ2n) is 8.92. The number of halogens is 1. The summed E-state index contributed by atoms with van der Waals surface area (Å²) in [5, 5.41) is 7.64. The fraction of sp³-hybridized carbons (Fsp3) is 0.308. The predicted molar refractivity (Wildman–Crippen MR) is 128 cm³/mol. The van der Waals surface area contributed by atoms with Crippen LogP contribution in [-0.4, -0.2) is 43.6 Å². The number of nitrogens with zero attached hydrogens (tertiary/aromatic N) is 4. The number of nitrogens with one attached hydrogen (secondary N) is 1. The first-order valence-corrected chi connectivity index (χ1v) is 11.5. The molecule has 0 bridgehead atoms. The van der Waals surface area contributed by atoms with Crippen LogP contribution in [0.2, 0.25) is 0 Å². The van der Waals surface area contributed by atoms with Gasteiger partial charge in [0.1, 0.15) is 11.6 Å². The summed E-state index contributed by atoms with van der Waals surface area (Å²) in [6, 6.07) is 12.8. The average molecular weight is 460 g/mol. The number of aryl methyl sites for hydroxylation is 1. The van der Waals surface area contributed by atoms with E-state index in [2.05, 4.69) is 21.2 Å². The minimum atomic E-state index is -0.506. The molecular formula is C26H26FN5O2. The molecule has 8 heteroatoms. The second kappa shape index (κ2) is 8.85. The first kappa shape index (κ1) is 22.0. The number of benzene rings is 2. The van der Waals surface area contributed by atoms with Crippen molar-refractivity contribution in [1.29, 1.82) is 0 Å². The monoisotopic (exact) mass is 459 g/mol. The summed E-state index contributed by atoms with van der Waals surface area (Å²) in [6.45, 7) is 5.18. The van der Waals surface area contributed by atoms with Gasteiger partial charge in [0.15, 0.2) is 0 Å². The summed E-state index contributed by atoms with van der Waals surface area (Å²) in [6.07, 6.45) is 3.61. The molecule has 1 N–H and O–H groups in total. The van der Waals surface area contributed by atoms with Gasteiger partial charge < -0.3 is 4.90 Å². The van der Waals surface area contributed by atoms with Crippen molar-refractivity contribution in [2.75, 3.05) is 13.1 Å². The van der Waals surface area contributed by atoms with Crippen LogP contribution in [0.1, 0.15) is 31.2 Å². The third kappa shape index (κ3) is 4.11. The maximum absolute atomic E-state index is 15.3. The Labute approximate surface area is 196 Å². The fourth-order valence-electron chi connectivity index (χ4n) is 4.70. The van der Waals surface area contributed by atoms with Crippen LogP contribution in [0, 0.1) is 18.7 Å². The van der Waals surface area contributed by atoms with Crippen LogP contribution >= 0.6 is 0 Å². The number of hydrogen-bond donors (Lipinski definition) is 1. The quantitative estimate of drug-likeness (QED) is 0.489. The molecule has 2 aromatic heterocycles. The van der Waals surface area contributed by atoms with Gasteiger partial charge in [-0.1, -0.05) is 25.1 Å². The fourth-order valence-corrected chi connectivity index (χ4v) is 4.70. The molecule has 1 saturated heterocycles. The summed E-state index contributed by atoms with van der Waals surface area (Å²) < 4.78 is 16.6. The van der Waals surface area contributed by atoms with Crippen LogP contribution < -0.4 is 5.69 Å². The predicted octanol–water partition coefficient (Wildman–Crippen LogP) is 4.02. The molecule has 34 heavy (non-hydrogen) atoms. The number of H-pyrrole nitrogens is 1. The van der Waals surface area contributed by atoms with Gasteiger partial charge in [0, 0.05) is 37.5 Å². The molecule has 7 nitrogen and oxygen atoms in total. The SMILES string of the molecule is CCC(=O)N1CCC(Cc2n[nH]c(=O)n2-c2ccc(-c3ccc4cc(C)cnc4c3)cc2F)C1. The van der Waals surface area contributed by atoms with Gasteiger partial charge in [0.05, 0.1) is 11.2 Å². The molecule has 0 saturated carbocycles. The number of carbonyl (C=O) groups is 1. The highest BCUT2D eigenvalue weighted by Crippen LogP contribution is 2.27. The van der Waals surface area contributed by atoms with E-state index in [0.717, 1.165) is 28.5 Å². The minimum absolute atomic E-state index is 0.127. The first-order chi connectivity index (χ1) is 16.4. The standard InChI is InChI=1S/C26H26FN5O2/c1-3-25(33)31-9-8-17(15-31)11-24-29-30-26(34)32(24)23-7-6-18(12-21(23)27)19-4-5-20-10-16(2)14-28-22(20)13-19/h4-7,10,12-14,17H,3,8-9,11,15H2,1-2H3,(H,30,34). The molecule has 1 amide bonds. The largest absolute Gasteiger partial charge is 0.348 e. The van der Waals surface area contributed by atoms with Crippen molar-refractivity contribution in [3.05, 3.63) is 76.4 Å². The second-order valence-corrected chi connectivity index (χ2v) is 8.92. The molecule has 0 spiro atoms. The van der Waals surface area contributed by atoms with Gasteiger partial charge >= 0.3 is 5.69 Å². The number of carbonyl (C=O) groups excluding carboxylic acids is 1. The maximum atomic E-state index is 15.3. The van der Waals surface area contributed by atoms with E-state index in [1.165, 1.54) is 10.6 Å². The molecule has 0 aliphatic carbocycles. The molecule has 4 aromatic rings. The number of aromatic nitrogens is 4. The van der Waals surface area contributed by atoms with Gasteiger partial charge in [-0.05, 0) is 60.2 Å². The number of fused-ring (bicyclic) bond motifs is 1. The maximum Gasteiger partial charge on any atom is 0.348 e. The molecule has 1 atom stereocenters. The van der Waals surface area contributed by atoms with Gasteiger partial charge in [-0.25, -0.2) is 18.9 Å². The third-order valence-corrected chi connectivity index (χ3v) is 6.50. The van der Waals surface area contributed by atoms with Crippen LogP contribution in [0.25, 0.3) is 27.7 Å². The van der Waals surface area contributed by atoms with Crippen molar-refractivity contribution in [2.45, 2.75) is 33.1 Å². The molecule has 174 valence electrons. The average Bonchev–Trinajstić information content (AvgIpc) is 3.45. The van der Waals surface area contributed by atoms with Crippen molar-refractivity contribution in [2.24, 2.45) is 5.92 Å². The third-order valence-electron chi connectivity index (χ3n) is 6.50. The number of amides is 1. The van der Waals surface area contributed by atoms with Crippen molar-refractivity contribution in [3.8, 4) is 16.8 Å². The highest BCUT2D eigenvalue weighted by Gasteiger charge is 2.27. The topological polar surface area (TPSA) is 83.9 Å². The number of likely N-dealkylation sites (tertiary alicyclic amines) is 1. The lowest BCUT2D eigenvalue weighted by Gasteiger charge is -2.15. The lowest BCUT2D eigenvalue weighted by atomic mass is 10.0. The number of aromatic amines is 1. The molecular weight excluding hydrogens is 433 g/mol. The van der Waals surface area contributed by atoms with Crippen molar-refractivity contribution in [3.63, 3.8) is 0 Å². The molecule has 1 fully saturated rings. The molecule has 2 aromatic carbocycles. The van der Waals surface area contributed by atoms with E-state index >= 15 is 4.39 Å². The lowest BCUT2D eigenvalue weighted by molar-refractivity contribution is -0.129. The van der Waals surface area contributed by atoms with Gasteiger partial charge in [0.25, 0.3) is 0 Å². The summed E-state index contributed by atoms with van der Waals surface area (Å²) in [5.74, 6) is 0.272. The normalized spacial score (nSPS) is 15.9. The van der Waals surface area contributed by atoms with E-state index in [9.17, 15) is 9.59 Å². The minimum Gasteiger partial charge on any atom is -0.342 e. The summed E-state index contributed by atoms with van der Waals surface area (Å²) in [7, 11) is 0. The van der Waals surface area contributed by atoms with E-state index in [1.807, 2.05) is 43.1 Å². The molecule has 1 unspecified atom stereocenters. The highest BCUT2D eigenvalue weighted by molar-refractivity contribution is 5.84. The first-order valence-electron chi connectivity index (χ1n) is 11.5. The molecule has 5 rings (SSSR count). The Morgan fingerprint density at radius 3 is 2.76 bits per heavy atom. The summed E-state index contributed by atoms with van der Waals surface area (Å²) in [4.78, 5) is 30.8. The van der Waals surface area contributed by atoms with Gasteiger partial charge in [-0.2, -0.15) is 5.10 Å². The Morgan fingerprint density at radius 2 is 1.97 bits per heavy atom. The number of hydrogen-bond acceptors (Lipinski definition) is 4. The van der Waals surface area contributed by atoms with E-state index < -0.39 is 11.5 Å². The Morgan fingerprint density at radius 1 is 1.18 bits per heavy atom. The Hall–Kier alpha value is -3.81. The van der Waals surface area contributed by atoms with Crippen molar-refractivity contribution in [1.82, 2.24) is 24.6 Å². The zero-order valence-corrected chi connectivity index (χ0v) is 19.2. The summed E-state index contributed by atoms with van der Waals surface area (Å²) in [5.41, 5.74) is 3.15. The Kier molecular flexibility index (Phi) is 5.73. The highest BCUT2D eigenvalue weighted by atomic mass is 19.1. The van der Waals surface area contributed by atoms with Crippen LogP contribution in [0.15, 0.2) is 53.5 Å². The van der Waals surface area contributed by atoms with Crippen LogP contribution in [0.3, 0.4) is 0 Å². The van der Waals surface area contributed by atoms with Crippen molar-refractivity contribution >= 4 is 16.8 Å². The van der Waals surface area contributed by atoms with Gasteiger partial charge in [-0.3, -0.25) is 9.78 Å². The van der Waals surface area contributed by atoms with E-state index in [4.69, 9.17) is 0 Å². The van der Waals surface area contributed by atoms with Gasteiger partial charge in [-0.15, -0.1) is 0 Å². The van der Waals surface area contributed by atoms with Crippen LogP contribution in [0.4, 0.5) is 4.39 Å². The molecule has 3 heterocycles. The van der Waals surface area contributed by atoms with Gasteiger partial charge in [0.2, 0.25) is 5.91 Å². The lowest BCUT2D eigenvalue weighted by Crippen LogP contribution is -2.28.